The lowest BCUT2D eigenvalue weighted by molar-refractivity contribution is -0.140. The molecule has 2 amide bonds. The summed E-state index contributed by atoms with van der Waals surface area (Å²) in [5.74, 6) is -1.33. The maximum absolute atomic E-state index is 13.9. The van der Waals surface area contributed by atoms with Crippen LogP contribution in [-0.2, 0) is 38.8 Å². The van der Waals surface area contributed by atoms with Gasteiger partial charge < -0.3 is 10.2 Å². The van der Waals surface area contributed by atoms with Crippen molar-refractivity contribution in [3.05, 3.63) is 99.5 Å². The lowest BCUT2D eigenvalue weighted by atomic mass is 10.0. The molecule has 0 bridgehead atoms. The first-order valence-corrected chi connectivity index (χ1v) is 15.0. The molecule has 3 aromatic rings. The van der Waals surface area contributed by atoms with Gasteiger partial charge in [0.05, 0.1) is 17.5 Å². The number of carbonyl (C=O) groups is 2. The molecule has 13 heteroatoms. The van der Waals surface area contributed by atoms with Gasteiger partial charge in [-0.15, -0.1) is 0 Å². The van der Waals surface area contributed by atoms with Crippen molar-refractivity contribution in [2.45, 2.75) is 32.1 Å². The number of likely N-dealkylation sites (N-methyl/N-ethyl adjacent to an activating group) is 1. The van der Waals surface area contributed by atoms with Crippen molar-refractivity contribution in [2.24, 2.45) is 0 Å². The van der Waals surface area contributed by atoms with E-state index in [4.69, 9.17) is 23.2 Å². The predicted octanol–water partition coefficient (Wildman–Crippen LogP) is 5.55. The van der Waals surface area contributed by atoms with Gasteiger partial charge in [0.2, 0.25) is 21.8 Å². The monoisotopic (exact) mass is 629 g/mol. The largest absolute Gasteiger partial charge is 0.416 e. The first kappa shape index (κ1) is 32.2. The number of halogens is 5. The first-order chi connectivity index (χ1) is 19.2. The van der Waals surface area contributed by atoms with E-state index in [-0.39, 0.29) is 30.2 Å². The average molecular weight is 631 g/mol. The summed E-state index contributed by atoms with van der Waals surface area (Å²) in [7, 11) is -4.24. The van der Waals surface area contributed by atoms with E-state index in [1.165, 1.54) is 11.0 Å². The molecular weight excluding hydrogens is 602 g/mol. The van der Waals surface area contributed by atoms with E-state index >= 15 is 0 Å². The molecule has 0 heterocycles. The fraction of sp³-hybridized carbons (Fsp3) is 0.286. The number of hydrogen-bond donors (Lipinski definition) is 1. The van der Waals surface area contributed by atoms with E-state index in [0.29, 0.717) is 21.0 Å². The molecule has 3 aromatic carbocycles. The Kier molecular flexibility index (Phi) is 10.7. The topological polar surface area (TPSA) is 86.8 Å². The SMILES string of the molecule is CCNC(=O)[C@H](Cc1ccccc1)N(Cc1ccc(Cl)cc1Cl)C(=O)CN(c1cccc(C(F)(F)F)c1)S(C)(=O)=O. The number of carbonyl (C=O) groups excluding carboxylic acids is 2. The quantitative estimate of drug-likeness (QED) is 0.301. The third-order valence-electron chi connectivity index (χ3n) is 6.12. The highest BCUT2D eigenvalue weighted by Gasteiger charge is 2.35. The van der Waals surface area contributed by atoms with Crippen LogP contribution in [0.2, 0.25) is 10.0 Å². The number of nitrogens with one attached hydrogen (secondary N) is 1. The summed E-state index contributed by atoms with van der Waals surface area (Å²) in [6.07, 6.45) is -3.88. The van der Waals surface area contributed by atoms with Gasteiger partial charge >= 0.3 is 6.18 Å². The second-order valence-electron chi connectivity index (χ2n) is 9.18. The summed E-state index contributed by atoms with van der Waals surface area (Å²) < 4.78 is 66.3. The molecule has 1 N–H and O–H groups in total. The second-order valence-corrected chi connectivity index (χ2v) is 11.9. The lowest BCUT2D eigenvalue weighted by Gasteiger charge is -2.33. The maximum atomic E-state index is 13.9. The molecule has 0 radical (unpaired) electrons. The van der Waals surface area contributed by atoms with Gasteiger partial charge in [-0.2, -0.15) is 13.2 Å². The van der Waals surface area contributed by atoms with Gasteiger partial charge in [0.15, 0.2) is 0 Å². The van der Waals surface area contributed by atoms with Gasteiger partial charge in [-0.3, -0.25) is 13.9 Å². The predicted molar refractivity (Wildman–Crippen MR) is 153 cm³/mol. The van der Waals surface area contributed by atoms with Crippen LogP contribution in [0.15, 0.2) is 72.8 Å². The summed E-state index contributed by atoms with van der Waals surface area (Å²) in [4.78, 5) is 28.4. The Morgan fingerprint density at radius 3 is 2.24 bits per heavy atom. The highest BCUT2D eigenvalue weighted by molar-refractivity contribution is 7.92. The molecular formula is C28H28Cl2F3N3O4S. The fourth-order valence-electron chi connectivity index (χ4n) is 4.13. The Balaban J connectivity index is 2.09. The maximum Gasteiger partial charge on any atom is 0.416 e. The number of anilines is 1. The van der Waals surface area contributed by atoms with Crippen LogP contribution in [0.5, 0.6) is 0 Å². The summed E-state index contributed by atoms with van der Waals surface area (Å²) in [5, 5.41) is 3.26. The van der Waals surface area contributed by atoms with E-state index in [1.54, 1.807) is 49.4 Å². The average Bonchev–Trinajstić information content (AvgIpc) is 2.90. The highest BCUT2D eigenvalue weighted by atomic mass is 35.5. The number of amides is 2. The minimum atomic E-state index is -4.74. The van der Waals surface area contributed by atoms with Crippen molar-refractivity contribution < 1.29 is 31.2 Å². The van der Waals surface area contributed by atoms with Gasteiger partial charge in [0.1, 0.15) is 12.6 Å². The summed E-state index contributed by atoms with van der Waals surface area (Å²) in [5.41, 5.74) is -0.277. The summed E-state index contributed by atoms with van der Waals surface area (Å²) in [6.45, 7) is 0.895. The number of sulfonamides is 1. The van der Waals surface area contributed by atoms with E-state index in [1.807, 2.05) is 0 Å². The molecule has 1 atom stereocenters. The van der Waals surface area contributed by atoms with Crippen LogP contribution in [0.4, 0.5) is 18.9 Å². The number of benzene rings is 3. The fourth-order valence-corrected chi connectivity index (χ4v) is 5.44. The van der Waals surface area contributed by atoms with Crippen LogP contribution in [-0.4, -0.2) is 50.5 Å². The zero-order valence-electron chi connectivity index (χ0n) is 22.2. The Hall–Kier alpha value is -3.28. The third kappa shape index (κ3) is 8.85. The molecule has 0 saturated carbocycles. The molecule has 0 spiro atoms. The van der Waals surface area contributed by atoms with Crippen molar-refractivity contribution in [3.8, 4) is 0 Å². The number of rotatable bonds is 11. The van der Waals surface area contributed by atoms with E-state index < -0.39 is 46.2 Å². The first-order valence-electron chi connectivity index (χ1n) is 12.4. The highest BCUT2D eigenvalue weighted by Crippen LogP contribution is 2.32. The number of hydrogen-bond acceptors (Lipinski definition) is 4. The molecule has 0 unspecified atom stereocenters. The van der Waals surface area contributed by atoms with Crippen LogP contribution >= 0.6 is 23.2 Å². The van der Waals surface area contributed by atoms with Gasteiger partial charge in [-0.05, 0) is 48.4 Å². The summed E-state index contributed by atoms with van der Waals surface area (Å²) in [6, 6.07) is 16.0. The Morgan fingerprint density at radius 1 is 0.976 bits per heavy atom. The molecule has 0 aromatic heterocycles. The van der Waals surface area contributed by atoms with E-state index in [0.717, 1.165) is 30.0 Å². The minimum absolute atomic E-state index is 0.0755. The smallest absolute Gasteiger partial charge is 0.355 e. The molecule has 0 fully saturated rings. The van der Waals surface area contributed by atoms with Gasteiger partial charge in [0, 0.05) is 29.6 Å². The van der Waals surface area contributed by atoms with E-state index in [2.05, 4.69) is 5.32 Å². The lowest BCUT2D eigenvalue weighted by Crippen LogP contribution is -2.53. The molecule has 0 aliphatic carbocycles. The van der Waals surface area contributed by atoms with Crippen molar-refractivity contribution >= 4 is 50.7 Å². The van der Waals surface area contributed by atoms with Gasteiger partial charge in [-0.25, -0.2) is 8.42 Å². The normalized spacial score (nSPS) is 12.5. The van der Waals surface area contributed by atoms with Crippen molar-refractivity contribution in [1.29, 1.82) is 0 Å². The minimum Gasteiger partial charge on any atom is -0.355 e. The van der Waals surface area contributed by atoms with Crippen molar-refractivity contribution in [2.75, 3.05) is 23.7 Å². The van der Waals surface area contributed by atoms with Crippen molar-refractivity contribution in [3.63, 3.8) is 0 Å². The van der Waals surface area contributed by atoms with Gasteiger partial charge in [-0.1, -0.05) is 65.7 Å². The molecule has 41 heavy (non-hydrogen) atoms. The van der Waals surface area contributed by atoms with Crippen LogP contribution < -0.4 is 9.62 Å². The van der Waals surface area contributed by atoms with Crippen LogP contribution in [0.3, 0.4) is 0 Å². The van der Waals surface area contributed by atoms with Gasteiger partial charge in [0.25, 0.3) is 0 Å². The molecule has 220 valence electrons. The number of nitrogens with zero attached hydrogens (tertiary/aromatic N) is 2. The third-order valence-corrected chi connectivity index (χ3v) is 7.85. The number of alkyl halides is 3. The molecule has 0 aliphatic rings. The Bertz CT molecular complexity index is 1490. The van der Waals surface area contributed by atoms with Crippen LogP contribution in [0.25, 0.3) is 0 Å². The van der Waals surface area contributed by atoms with E-state index in [9.17, 15) is 31.2 Å². The molecule has 7 nitrogen and oxygen atoms in total. The second kappa shape index (κ2) is 13.6. The molecule has 0 saturated heterocycles. The van der Waals surface area contributed by atoms with Crippen molar-refractivity contribution in [1.82, 2.24) is 10.2 Å². The Morgan fingerprint density at radius 2 is 1.66 bits per heavy atom. The summed E-state index contributed by atoms with van der Waals surface area (Å²) >= 11 is 12.4. The molecule has 3 rings (SSSR count). The zero-order valence-corrected chi connectivity index (χ0v) is 24.5. The van der Waals surface area contributed by atoms with Crippen LogP contribution in [0.1, 0.15) is 23.6 Å². The van der Waals surface area contributed by atoms with Crippen LogP contribution in [0, 0.1) is 0 Å². The molecule has 0 aliphatic heterocycles. The zero-order chi connectivity index (χ0) is 30.4. The standard InChI is InChI=1S/C28H28Cl2F3N3O4S/c1-3-34-27(38)25(14-19-8-5-4-6-9-19)35(17-20-12-13-22(29)16-24(20)30)26(37)18-36(41(2,39)40)23-11-7-10-21(15-23)28(31,32)33/h4-13,15-16,25H,3,14,17-18H2,1-2H3,(H,34,38)/t25-/m0/s1. The Labute approximate surface area is 246 Å².